The van der Waals surface area contributed by atoms with Crippen molar-refractivity contribution in [1.29, 1.82) is 0 Å². The molecule has 150 valence electrons. The van der Waals surface area contributed by atoms with Crippen LogP contribution in [0.15, 0.2) is 45.8 Å². The summed E-state index contributed by atoms with van der Waals surface area (Å²) in [6.07, 6.45) is 2.49. The van der Waals surface area contributed by atoms with Crippen molar-refractivity contribution in [3.63, 3.8) is 0 Å². The van der Waals surface area contributed by atoms with Crippen LogP contribution >= 0.6 is 15.9 Å². The van der Waals surface area contributed by atoms with E-state index in [1.807, 2.05) is 0 Å². The predicted octanol–water partition coefficient (Wildman–Crippen LogP) is 2.76. The molecular weight excluding hydrogens is 438 g/mol. The standard InChI is InChI=1S/C18H24BrNO6S/c1-5-26-16(21)11-8-12-20(17(13(2)3)18(22)25-4)27(23,24)15-10-7-6-9-14(15)19/h6-11,13,17H,5,12H2,1-4H3/b11-8-/t17-/m0/s1. The predicted molar refractivity (Wildman–Crippen MR) is 104 cm³/mol. The number of sulfonamides is 1. The van der Waals surface area contributed by atoms with E-state index in [-0.39, 0.29) is 24.0 Å². The van der Waals surface area contributed by atoms with E-state index >= 15 is 0 Å². The lowest BCUT2D eigenvalue weighted by Gasteiger charge is -2.31. The molecule has 0 aromatic heterocycles. The molecule has 0 saturated heterocycles. The zero-order valence-corrected chi connectivity index (χ0v) is 18.1. The summed E-state index contributed by atoms with van der Waals surface area (Å²) >= 11 is 3.24. The summed E-state index contributed by atoms with van der Waals surface area (Å²) in [5, 5.41) is 0. The van der Waals surface area contributed by atoms with Crippen LogP contribution in [0.2, 0.25) is 0 Å². The summed E-state index contributed by atoms with van der Waals surface area (Å²) < 4.78 is 37.5. The van der Waals surface area contributed by atoms with Gasteiger partial charge in [-0.2, -0.15) is 4.31 Å². The number of methoxy groups -OCH3 is 1. The van der Waals surface area contributed by atoms with Crippen molar-refractivity contribution in [3.8, 4) is 0 Å². The van der Waals surface area contributed by atoms with E-state index in [0.717, 1.165) is 10.4 Å². The summed E-state index contributed by atoms with van der Waals surface area (Å²) in [4.78, 5) is 23.8. The van der Waals surface area contributed by atoms with Crippen molar-refractivity contribution in [3.05, 3.63) is 40.9 Å². The van der Waals surface area contributed by atoms with Gasteiger partial charge in [-0.15, -0.1) is 0 Å². The molecule has 0 heterocycles. The Bertz CT molecular complexity index is 791. The summed E-state index contributed by atoms with van der Waals surface area (Å²) in [5.41, 5.74) is 0. The van der Waals surface area contributed by atoms with Gasteiger partial charge in [0.25, 0.3) is 0 Å². The number of hydrogen-bond acceptors (Lipinski definition) is 6. The lowest BCUT2D eigenvalue weighted by Crippen LogP contribution is -2.48. The SMILES string of the molecule is CCOC(=O)/C=C\CN([C@H](C(=O)OC)C(C)C)S(=O)(=O)c1ccccc1Br. The van der Waals surface area contributed by atoms with Gasteiger partial charge in [0.05, 0.1) is 18.6 Å². The van der Waals surface area contributed by atoms with Crippen molar-refractivity contribution in [1.82, 2.24) is 4.31 Å². The molecule has 9 heteroatoms. The molecule has 0 fully saturated rings. The van der Waals surface area contributed by atoms with Gasteiger partial charge in [-0.25, -0.2) is 13.2 Å². The third kappa shape index (κ3) is 6.15. The maximum Gasteiger partial charge on any atom is 0.330 e. The van der Waals surface area contributed by atoms with E-state index in [2.05, 4.69) is 15.9 Å². The van der Waals surface area contributed by atoms with Gasteiger partial charge in [-0.1, -0.05) is 32.1 Å². The first kappa shape index (κ1) is 23.3. The largest absolute Gasteiger partial charge is 0.468 e. The molecule has 0 amide bonds. The highest BCUT2D eigenvalue weighted by Crippen LogP contribution is 2.28. The van der Waals surface area contributed by atoms with Crippen LogP contribution in [0.25, 0.3) is 0 Å². The van der Waals surface area contributed by atoms with E-state index in [4.69, 9.17) is 9.47 Å². The Hall–Kier alpha value is -1.71. The number of rotatable bonds is 9. The smallest absolute Gasteiger partial charge is 0.330 e. The summed E-state index contributed by atoms with van der Waals surface area (Å²) in [7, 11) is -2.86. The Morgan fingerprint density at radius 2 is 1.89 bits per heavy atom. The summed E-state index contributed by atoms with van der Waals surface area (Å²) in [5.74, 6) is -1.62. The minimum atomic E-state index is -4.06. The lowest BCUT2D eigenvalue weighted by atomic mass is 10.0. The van der Waals surface area contributed by atoms with Crippen LogP contribution in [0.5, 0.6) is 0 Å². The lowest BCUT2D eigenvalue weighted by molar-refractivity contribution is -0.146. The molecule has 0 aliphatic carbocycles. The van der Waals surface area contributed by atoms with Crippen LogP contribution in [0.4, 0.5) is 0 Å². The summed E-state index contributed by atoms with van der Waals surface area (Å²) in [6, 6.07) is 5.26. The van der Waals surface area contributed by atoms with Crippen molar-refractivity contribution < 1.29 is 27.5 Å². The number of ether oxygens (including phenoxy) is 2. The molecule has 0 aliphatic rings. The zero-order valence-electron chi connectivity index (χ0n) is 15.7. The highest BCUT2D eigenvalue weighted by Gasteiger charge is 2.38. The first-order valence-electron chi connectivity index (χ1n) is 8.34. The van der Waals surface area contributed by atoms with Crippen LogP contribution in [0, 0.1) is 5.92 Å². The molecule has 0 spiro atoms. The second kappa shape index (κ2) is 10.6. The highest BCUT2D eigenvalue weighted by atomic mass is 79.9. The molecule has 0 N–H and O–H groups in total. The second-order valence-electron chi connectivity index (χ2n) is 5.87. The van der Waals surface area contributed by atoms with E-state index in [0.29, 0.717) is 4.47 Å². The number of hydrogen-bond donors (Lipinski definition) is 0. The van der Waals surface area contributed by atoms with Gasteiger partial charge < -0.3 is 9.47 Å². The van der Waals surface area contributed by atoms with Crippen LogP contribution in [-0.4, -0.2) is 51.0 Å². The molecule has 0 saturated carbocycles. The Labute approximate surface area is 168 Å². The van der Waals surface area contributed by atoms with Crippen LogP contribution in [-0.2, 0) is 29.1 Å². The number of nitrogens with zero attached hydrogens (tertiary/aromatic N) is 1. The molecule has 1 aromatic rings. The molecule has 1 rings (SSSR count). The van der Waals surface area contributed by atoms with Gasteiger partial charge in [0.1, 0.15) is 6.04 Å². The first-order valence-corrected chi connectivity index (χ1v) is 10.6. The number of halogens is 1. The van der Waals surface area contributed by atoms with E-state index in [9.17, 15) is 18.0 Å². The number of carbonyl (C=O) groups excluding carboxylic acids is 2. The molecule has 27 heavy (non-hydrogen) atoms. The molecule has 1 aromatic carbocycles. The fourth-order valence-electron chi connectivity index (χ4n) is 2.43. The van der Waals surface area contributed by atoms with Crippen molar-refractivity contribution in [2.45, 2.75) is 31.7 Å². The third-order valence-corrected chi connectivity index (χ3v) is 6.49. The van der Waals surface area contributed by atoms with Crippen LogP contribution in [0.3, 0.4) is 0 Å². The number of benzene rings is 1. The monoisotopic (exact) mass is 461 g/mol. The molecule has 7 nitrogen and oxygen atoms in total. The first-order chi connectivity index (χ1) is 12.7. The average Bonchev–Trinajstić information content (AvgIpc) is 2.60. The minimum Gasteiger partial charge on any atom is -0.468 e. The van der Waals surface area contributed by atoms with E-state index in [1.54, 1.807) is 39.0 Å². The topological polar surface area (TPSA) is 90.0 Å². The Morgan fingerprint density at radius 1 is 1.26 bits per heavy atom. The highest BCUT2D eigenvalue weighted by molar-refractivity contribution is 9.10. The second-order valence-corrected chi connectivity index (χ2v) is 8.58. The van der Waals surface area contributed by atoms with Gasteiger partial charge in [0, 0.05) is 17.1 Å². The van der Waals surface area contributed by atoms with Crippen molar-refractivity contribution >= 4 is 37.9 Å². The normalized spacial score (nSPS) is 13.1. The fraction of sp³-hybridized carbons (Fsp3) is 0.444. The quantitative estimate of drug-likeness (QED) is 0.414. The van der Waals surface area contributed by atoms with Gasteiger partial charge >= 0.3 is 11.9 Å². The fourth-order valence-corrected chi connectivity index (χ4v) is 5.05. The number of carbonyl (C=O) groups is 2. The maximum absolute atomic E-state index is 13.3. The molecule has 0 aliphatic heterocycles. The molecule has 0 bridgehead atoms. The number of esters is 2. The van der Waals surface area contributed by atoms with Gasteiger partial charge in [-0.05, 0) is 40.9 Å². The Morgan fingerprint density at radius 3 is 2.41 bits per heavy atom. The van der Waals surface area contributed by atoms with Crippen molar-refractivity contribution in [2.75, 3.05) is 20.3 Å². The third-order valence-electron chi connectivity index (χ3n) is 3.63. The maximum atomic E-state index is 13.3. The van der Waals surface area contributed by atoms with Gasteiger partial charge in [0.2, 0.25) is 10.0 Å². The molecular formula is C18H24BrNO6S. The van der Waals surface area contributed by atoms with E-state index < -0.39 is 28.0 Å². The molecule has 0 radical (unpaired) electrons. The Balaban J connectivity index is 3.38. The van der Waals surface area contributed by atoms with Crippen LogP contribution < -0.4 is 0 Å². The summed E-state index contributed by atoms with van der Waals surface area (Å²) in [6.45, 7) is 5.12. The van der Waals surface area contributed by atoms with Gasteiger partial charge in [0.15, 0.2) is 0 Å². The molecule has 1 atom stereocenters. The average molecular weight is 462 g/mol. The zero-order chi connectivity index (χ0) is 20.6. The van der Waals surface area contributed by atoms with Crippen LogP contribution in [0.1, 0.15) is 20.8 Å². The van der Waals surface area contributed by atoms with Gasteiger partial charge in [-0.3, -0.25) is 4.79 Å². The van der Waals surface area contributed by atoms with E-state index in [1.165, 1.54) is 19.3 Å². The minimum absolute atomic E-state index is 0.0177. The Kier molecular flexibility index (Phi) is 9.14. The van der Waals surface area contributed by atoms with Crippen molar-refractivity contribution in [2.24, 2.45) is 5.92 Å². The molecule has 0 unspecified atom stereocenters.